The lowest BCUT2D eigenvalue weighted by molar-refractivity contribution is 0.0719. The number of rotatable bonds is 4. The smallest absolute Gasteiger partial charge is 0.254 e. The Morgan fingerprint density at radius 3 is 2.58 bits per heavy atom. The highest BCUT2D eigenvalue weighted by molar-refractivity contribution is 9.09. The Morgan fingerprint density at radius 2 is 1.95 bits per heavy atom. The molecule has 1 amide bonds. The van der Waals surface area contributed by atoms with E-state index >= 15 is 0 Å². The van der Waals surface area contributed by atoms with Gasteiger partial charge in [-0.2, -0.15) is 0 Å². The first kappa shape index (κ1) is 13.9. The highest BCUT2D eigenvalue weighted by Gasteiger charge is 2.18. The van der Waals surface area contributed by atoms with Crippen LogP contribution in [0.15, 0.2) is 30.6 Å². The molecule has 4 nitrogen and oxygen atoms in total. The first-order valence-corrected chi connectivity index (χ1v) is 7.33. The van der Waals surface area contributed by atoms with E-state index in [1.165, 1.54) is 0 Å². The van der Waals surface area contributed by atoms with Gasteiger partial charge in [0.2, 0.25) is 0 Å². The maximum atomic E-state index is 12.5. The molecule has 1 aromatic carbocycles. The number of aromatic nitrogens is 2. The molecule has 0 N–H and O–H groups in total. The second kappa shape index (κ2) is 6.10. The van der Waals surface area contributed by atoms with E-state index in [1.54, 1.807) is 18.5 Å². The third kappa shape index (κ3) is 3.10. The van der Waals surface area contributed by atoms with Crippen molar-refractivity contribution in [2.75, 3.05) is 11.9 Å². The molecule has 0 bridgehead atoms. The molecule has 0 saturated heterocycles. The van der Waals surface area contributed by atoms with Crippen LogP contribution in [0.3, 0.4) is 0 Å². The van der Waals surface area contributed by atoms with E-state index in [9.17, 15) is 4.79 Å². The van der Waals surface area contributed by atoms with Crippen molar-refractivity contribution < 1.29 is 4.79 Å². The van der Waals surface area contributed by atoms with E-state index in [0.717, 1.165) is 16.4 Å². The van der Waals surface area contributed by atoms with Gasteiger partial charge in [-0.05, 0) is 32.0 Å². The van der Waals surface area contributed by atoms with Crippen LogP contribution in [0.1, 0.15) is 24.2 Å². The zero-order chi connectivity index (χ0) is 13.8. The van der Waals surface area contributed by atoms with Crippen LogP contribution >= 0.6 is 15.9 Å². The predicted molar refractivity (Wildman–Crippen MR) is 79.5 cm³/mol. The van der Waals surface area contributed by atoms with E-state index in [0.29, 0.717) is 12.1 Å². The van der Waals surface area contributed by atoms with Gasteiger partial charge < -0.3 is 4.90 Å². The number of fused-ring (bicyclic) bond motifs is 1. The second-order valence-electron chi connectivity index (χ2n) is 4.54. The van der Waals surface area contributed by atoms with E-state index in [4.69, 9.17) is 0 Å². The van der Waals surface area contributed by atoms with E-state index in [-0.39, 0.29) is 11.9 Å². The van der Waals surface area contributed by atoms with Crippen molar-refractivity contribution >= 4 is 32.9 Å². The number of hydrogen-bond acceptors (Lipinski definition) is 3. The molecule has 0 aliphatic heterocycles. The van der Waals surface area contributed by atoms with Gasteiger partial charge in [0.25, 0.3) is 5.91 Å². The lowest BCUT2D eigenvalue weighted by atomic mass is 10.1. The molecule has 0 unspecified atom stereocenters. The Hall–Kier alpha value is -1.49. The Morgan fingerprint density at radius 1 is 1.26 bits per heavy atom. The molecule has 0 fully saturated rings. The van der Waals surface area contributed by atoms with Gasteiger partial charge in [0.05, 0.1) is 11.0 Å². The summed E-state index contributed by atoms with van der Waals surface area (Å²) in [5, 5.41) is 0.768. The van der Waals surface area contributed by atoms with Gasteiger partial charge in [0.15, 0.2) is 0 Å². The predicted octanol–water partition coefficient (Wildman–Crippen LogP) is 2.88. The van der Waals surface area contributed by atoms with Crippen LogP contribution in [0.25, 0.3) is 11.0 Å². The number of benzene rings is 1. The summed E-state index contributed by atoms with van der Waals surface area (Å²) in [6.07, 6.45) is 3.28. The molecule has 0 saturated carbocycles. The number of hydrogen-bond donors (Lipinski definition) is 0. The van der Waals surface area contributed by atoms with Gasteiger partial charge in [-0.15, -0.1) is 0 Å². The van der Waals surface area contributed by atoms with Crippen molar-refractivity contribution in [3.05, 3.63) is 36.2 Å². The Bertz CT molecular complexity index is 586. The van der Waals surface area contributed by atoms with E-state index in [2.05, 4.69) is 25.9 Å². The Kier molecular flexibility index (Phi) is 4.47. The van der Waals surface area contributed by atoms with Crippen molar-refractivity contribution in [3.63, 3.8) is 0 Å². The number of nitrogens with zero attached hydrogens (tertiary/aromatic N) is 3. The van der Waals surface area contributed by atoms with Crippen LogP contribution in [-0.4, -0.2) is 38.7 Å². The molecule has 0 radical (unpaired) electrons. The summed E-state index contributed by atoms with van der Waals surface area (Å²) in [4.78, 5) is 22.8. The molecular formula is C14H16BrN3O. The summed E-state index contributed by atoms with van der Waals surface area (Å²) >= 11 is 3.38. The molecule has 0 spiro atoms. The van der Waals surface area contributed by atoms with E-state index < -0.39 is 0 Å². The van der Waals surface area contributed by atoms with Gasteiger partial charge in [0, 0.05) is 35.9 Å². The first-order chi connectivity index (χ1) is 9.13. The van der Waals surface area contributed by atoms with Crippen molar-refractivity contribution in [2.24, 2.45) is 0 Å². The van der Waals surface area contributed by atoms with Gasteiger partial charge in [-0.3, -0.25) is 14.8 Å². The lowest BCUT2D eigenvalue weighted by Gasteiger charge is -2.26. The fourth-order valence-electron chi connectivity index (χ4n) is 1.95. The average Bonchev–Trinajstić information content (AvgIpc) is 2.43. The summed E-state index contributed by atoms with van der Waals surface area (Å²) in [7, 11) is 0. The molecule has 0 aliphatic carbocycles. The maximum absolute atomic E-state index is 12.5. The lowest BCUT2D eigenvalue weighted by Crippen LogP contribution is -2.38. The minimum absolute atomic E-state index is 0.0296. The largest absolute Gasteiger partial charge is 0.335 e. The molecule has 2 aromatic rings. The molecule has 2 rings (SSSR count). The average molecular weight is 322 g/mol. The van der Waals surface area contributed by atoms with Crippen molar-refractivity contribution in [2.45, 2.75) is 19.9 Å². The van der Waals surface area contributed by atoms with Crippen molar-refractivity contribution in [3.8, 4) is 0 Å². The molecule has 1 aromatic heterocycles. The second-order valence-corrected chi connectivity index (χ2v) is 5.33. The highest BCUT2D eigenvalue weighted by atomic mass is 79.9. The molecule has 0 atom stereocenters. The molecule has 19 heavy (non-hydrogen) atoms. The molecule has 1 heterocycles. The quantitative estimate of drug-likeness (QED) is 0.813. The Labute approximate surface area is 121 Å². The molecule has 0 aliphatic rings. The normalized spacial score (nSPS) is 10.9. The number of amides is 1. The monoisotopic (exact) mass is 321 g/mol. The van der Waals surface area contributed by atoms with Crippen LogP contribution in [-0.2, 0) is 0 Å². The van der Waals surface area contributed by atoms with Crippen LogP contribution in [0.5, 0.6) is 0 Å². The third-order valence-electron chi connectivity index (χ3n) is 2.93. The van der Waals surface area contributed by atoms with Gasteiger partial charge in [-0.25, -0.2) is 0 Å². The maximum Gasteiger partial charge on any atom is 0.254 e. The SMILES string of the molecule is CC(C)N(CCBr)C(=O)c1ccc2nccnc2c1. The standard InChI is InChI=1S/C14H16BrN3O/c1-10(2)18(8-5-15)14(19)11-3-4-12-13(9-11)17-7-6-16-12/h3-4,6-7,9-10H,5,8H2,1-2H3. The number of carbonyl (C=O) groups is 1. The number of carbonyl (C=O) groups excluding carboxylic acids is 1. The summed E-state index contributed by atoms with van der Waals surface area (Å²) in [5.74, 6) is 0.0296. The van der Waals surface area contributed by atoms with Gasteiger partial charge in [-0.1, -0.05) is 15.9 Å². The van der Waals surface area contributed by atoms with Gasteiger partial charge >= 0.3 is 0 Å². The number of alkyl halides is 1. The minimum atomic E-state index is 0.0296. The van der Waals surface area contributed by atoms with Crippen LogP contribution in [0.2, 0.25) is 0 Å². The number of halogens is 1. The van der Waals surface area contributed by atoms with Crippen molar-refractivity contribution in [1.29, 1.82) is 0 Å². The summed E-state index contributed by atoms with van der Waals surface area (Å²) < 4.78 is 0. The first-order valence-electron chi connectivity index (χ1n) is 6.21. The molecular weight excluding hydrogens is 306 g/mol. The zero-order valence-electron chi connectivity index (χ0n) is 11.0. The fraction of sp³-hybridized carbons (Fsp3) is 0.357. The zero-order valence-corrected chi connectivity index (χ0v) is 12.6. The summed E-state index contributed by atoms with van der Waals surface area (Å²) in [6, 6.07) is 5.61. The summed E-state index contributed by atoms with van der Waals surface area (Å²) in [5.41, 5.74) is 2.20. The summed E-state index contributed by atoms with van der Waals surface area (Å²) in [6.45, 7) is 4.72. The third-order valence-corrected chi connectivity index (χ3v) is 3.28. The van der Waals surface area contributed by atoms with Crippen LogP contribution in [0, 0.1) is 0 Å². The van der Waals surface area contributed by atoms with E-state index in [1.807, 2.05) is 30.9 Å². The van der Waals surface area contributed by atoms with Gasteiger partial charge in [0.1, 0.15) is 0 Å². The minimum Gasteiger partial charge on any atom is -0.335 e. The van der Waals surface area contributed by atoms with Crippen LogP contribution in [0.4, 0.5) is 0 Å². The van der Waals surface area contributed by atoms with Crippen LogP contribution < -0.4 is 0 Å². The molecule has 100 valence electrons. The Balaban J connectivity index is 2.34. The highest BCUT2D eigenvalue weighted by Crippen LogP contribution is 2.14. The molecule has 5 heteroatoms. The van der Waals surface area contributed by atoms with Crippen molar-refractivity contribution in [1.82, 2.24) is 14.9 Å². The fourth-order valence-corrected chi connectivity index (χ4v) is 2.33. The topological polar surface area (TPSA) is 46.1 Å².